The standard InChI is InChI=1S/C16H22N2O3Si/c1-16(2,3)22(4,5)21-13-8-6-12(7-9-13)18-11-10-14(19)17-15(18)20/h6-11H,1-5H3,(H,17,19,20). The van der Waals surface area contributed by atoms with Crippen molar-refractivity contribution in [1.82, 2.24) is 9.55 Å². The quantitative estimate of drug-likeness (QED) is 0.885. The number of aromatic nitrogens is 2. The molecule has 6 heteroatoms. The van der Waals surface area contributed by atoms with Crippen molar-refractivity contribution >= 4 is 8.32 Å². The van der Waals surface area contributed by atoms with Gasteiger partial charge in [-0.25, -0.2) is 4.79 Å². The molecular weight excluding hydrogens is 296 g/mol. The summed E-state index contributed by atoms with van der Waals surface area (Å²) in [6.45, 7) is 10.9. The van der Waals surface area contributed by atoms with Crippen molar-refractivity contribution in [3.8, 4) is 11.4 Å². The number of benzene rings is 1. The van der Waals surface area contributed by atoms with Crippen LogP contribution in [0.2, 0.25) is 18.1 Å². The van der Waals surface area contributed by atoms with Crippen LogP contribution in [-0.4, -0.2) is 17.9 Å². The fourth-order valence-electron chi connectivity index (χ4n) is 1.74. The van der Waals surface area contributed by atoms with Crippen molar-refractivity contribution in [2.75, 3.05) is 0 Å². The van der Waals surface area contributed by atoms with E-state index in [1.165, 1.54) is 16.8 Å². The van der Waals surface area contributed by atoms with Crippen molar-refractivity contribution in [2.24, 2.45) is 0 Å². The number of hydrogen-bond acceptors (Lipinski definition) is 3. The number of nitrogens with one attached hydrogen (secondary N) is 1. The van der Waals surface area contributed by atoms with E-state index in [1.54, 1.807) is 0 Å². The summed E-state index contributed by atoms with van der Waals surface area (Å²) in [5.41, 5.74) is -0.173. The second kappa shape index (κ2) is 5.60. The van der Waals surface area contributed by atoms with Gasteiger partial charge in [0.1, 0.15) is 5.75 Å². The molecule has 0 aliphatic carbocycles. The van der Waals surface area contributed by atoms with Crippen molar-refractivity contribution in [1.29, 1.82) is 0 Å². The predicted molar refractivity (Wildman–Crippen MR) is 90.5 cm³/mol. The van der Waals surface area contributed by atoms with Crippen LogP contribution in [-0.2, 0) is 0 Å². The van der Waals surface area contributed by atoms with Crippen LogP contribution in [0.1, 0.15) is 20.8 Å². The highest BCUT2D eigenvalue weighted by Gasteiger charge is 2.38. The first-order valence-corrected chi connectivity index (χ1v) is 10.1. The number of H-pyrrole nitrogens is 1. The Kier molecular flexibility index (Phi) is 4.15. The van der Waals surface area contributed by atoms with E-state index in [-0.39, 0.29) is 5.04 Å². The zero-order chi connectivity index (χ0) is 16.5. The Morgan fingerprint density at radius 2 is 1.64 bits per heavy atom. The summed E-state index contributed by atoms with van der Waals surface area (Å²) in [5.74, 6) is 0.799. The molecule has 0 saturated carbocycles. The molecule has 0 atom stereocenters. The van der Waals surface area contributed by atoms with Gasteiger partial charge in [0.05, 0.1) is 5.69 Å². The van der Waals surface area contributed by atoms with E-state index in [0.29, 0.717) is 5.69 Å². The van der Waals surface area contributed by atoms with E-state index >= 15 is 0 Å². The molecule has 0 amide bonds. The van der Waals surface area contributed by atoms with Gasteiger partial charge in [0, 0.05) is 12.3 Å². The average Bonchev–Trinajstić information content (AvgIpc) is 2.38. The molecule has 118 valence electrons. The van der Waals surface area contributed by atoms with Gasteiger partial charge in [0.15, 0.2) is 0 Å². The zero-order valence-electron chi connectivity index (χ0n) is 13.6. The third kappa shape index (κ3) is 3.39. The topological polar surface area (TPSA) is 64.1 Å². The van der Waals surface area contributed by atoms with Crippen LogP contribution >= 0.6 is 0 Å². The Balaban J connectivity index is 2.28. The van der Waals surface area contributed by atoms with E-state index in [0.717, 1.165) is 5.75 Å². The summed E-state index contributed by atoms with van der Waals surface area (Å²) >= 11 is 0. The van der Waals surface area contributed by atoms with Gasteiger partial charge in [-0.05, 0) is 42.4 Å². The van der Waals surface area contributed by atoms with E-state index in [4.69, 9.17) is 4.43 Å². The lowest BCUT2D eigenvalue weighted by Gasteiger charge is -2.36. The maximum absolute atomic E-state index is 11.8. The second-order valence-corrected chi connectivity index (χ2v) is 11.6. The Labute approximate surface area is 130 Å². The maximum atomic E-state index is 11.8. The summed E-state index contributed by atoms with van der Waals surface area (Å²) < 4.78 is 7.59. The third-order valence-electron chi connectivity index (χ3n) is 4.12. The molecule has 0 fully saturated rings. The minimum atomic E-state index is -1.88. The van der Waals surface area contributed by atoms with Crippen LogP contribution in [0.15, 0.2) is 46.1 Å². The van der Waals surface area contributed by atoms with Crippen molar-refractivity contribution in [2.45, 2.75) is 38.9 Å². The maximum Gasteiger partial charge on any atom is 0.332 e. The van der Waals surface area contributed by atoms with Crippen LogP contribution in [0, 0.1) is 0 Å². The van der Waals surface area contributed by atoms with Gasteiger partial charge in [0.2, 0.25) is 8.32 Å². The SMILES string of the molecule is CC(C)(C)[Si](C)(C)Oc1ccc(-n2ccc(=O)[nH]c2=O)cc1. The third-order valence-corrected chi connectivity index (χ3v) is 8.48. The highest BCUT2D eigenvalue weighted by molar-refractivity contribution is 6.74. The molecule has 2 rings (SSSR count). The number of rotatable bonds is 3. The van der Waals surface area contributed by atoms with Gasteiger partial charge in [-0.2, -0.15) is 0 Å². The van der Waals surface area contributed by atoms with Crippen molar-refractivity contribution < 1.29 is 4.43 Å². The number of nitrogens with zero attached hydrogens (tertiary/aromatic N) is 1. The normalized spacial score (nSPS) is 12.2. The molecule has 0 spiro atoms. The Morgan fingerprint density at radius 3 is 2.14 bits per heavy atom. The molecule has 0 radical (unpaired) electrons. The average molecular weight is 318 g/mol. The molecule has 1 aromatic carbocycles. The molecule has 0 unspecified atom stereocenters. The molecule has 5 nitrogen and oxygen atoms in total. The van der Waals surface area contributed by atoms with E-state index in [1.807, 2.05) is 24.3 Å². The first kappa shape index (κ1) is 16.3. The van der Waals surface area contributed by atoms with Crippen molar-refractivity contribution in [3.63, 3.8) is 0 Å². The lowest BCUT2D eigenvalue weighted by molar-refractivity contribution is 0.492. The minimum Gasteiger partial charge on any atom is -0.544 e. The Morgan fingerprint density at radius 1 is 1.05 bits per heavy atom. The monoisotopic (exact) mass is 318 g/mol. The molecule has 1 N–H and O–H groups in total. The van der Waals surface area contributed by atoms with E-state index < -0.39 is 19.6 Å². The minimum absolute atomic E-state index is 0.127. The fourth-order valence-corrected chi connectivity index (χ4v) is 2.77. The summed E-state index contributed by atoms with van der Waals surface area (Å²) in [6, 6.07) is 8.65. The number of hydrogen-bond donors (Lipinski definition) is 1. The van der Waals surface area contributed by atoms with E-state index in [9.17, 15) is 9.59 Å². The summed E-state index contributed by atoms with van der Waals surface area (Å²) in [4.78, 5) is 25.1. The van der Waals surface area contributed by atoms with Gasteiger partial charge in [-0.15, -0.1) is 0 Å². The van der Waals surface area contributed by atoms with Crippen LogP contribution < -0.4 is 15.7 Å². The predicted octanol–water partition coefficient (Wildman–Crippen LogP) is 2.91. The van der Waals surface area contributed by atoms with Gasteiger partial charge in [0.25, 0.3) is 5.56 Å². The van der Waals surface area contributed by atoms with Crippen LogP contribution in [0.4, 0.5) is 0 Å². The second-order valence-electron chi connectivity index (χ2n) is 6.84. The molecular formula is C16H22N2O3Si. The van der Waals surface area contributed by atoms with E-state index in [2.05, 4.69) is 38.8 Å². The first-order valence-electron chi connectivity index (χ1n) is 7.22. The van der Waals surface area contributed by atoms with Gasteiger partial charge in [-0.3, -0.25) is 14.3 Å². The zero-order valence-corrected chi connectivity index (χ0v) is 14.6. The molecule has 1 heterocycles. The molecule has 1 aromatic heterocycles. The molecule has 2 aromatic rings. The highest BCUT2D eigenvalue weighted by atomic mass is 28.4. The highest BCUT2D eigenvalue weighted by Crippen LogP contribution is 2.37. The lowest BCUT2D eigenvalue weighted by Crippen LogP contribution is -2.43. The summed E-state index contributed by atoms with van der Waals surface area (Å²) in [7, 11) is -1.88. The van der Waals surface area contributed by atoms with Gasteiger partial charge < -0.3 is 4.43 Å². The van der Waals surface area contributed by atoms with Crippen LogP contribution in [0.25, 0.3) is 5.69 Å². The first-order chi connectivity index (χ1) is 10.1. The Bertz CT molecular complexity index is 767. The lowest BCUT2D eigenvalue weighted by atomic mass is 10.2. The summed E-state index contributed by atoms with van der Waals surface area (Å²) in [6.07, 6.45) is 1.46. The fraction of sp³-hybridized carbons (Fsp3) is 0.375. The van der Waals surface area contributed by atoms with Crippen LogP contribution in [0.5, 0.6) is 5.75 Å². The molecule has 0 bridgehead atoms. The molecule has 0 aliphatic heterocycles. The molecule has 0 saturated heterocycles. The van der Waals surface area contributed by atoms with Crippen LogP contribution in [0.3, 0.4) is 0 Å². The van der Waals surface area contributed by atoms with Gasteiger partial charge >= 0.3 is 5.69 Å². The van der Waals surface area contributed by atoms with Crippen molar-refractivity contribution in [3.05, 3.63) is 57.4 Å². The van der Waals surface area contributed by atoms with Gasteiger partial charge in [-0.1, -0.05) is 20.8 Å². The molecule has 22 heavy (non-hydrogen) atoms. The molecule has 0 aliphatic rings. The number of aromatic amines is 1. The largest absolute Gasteiger partial charge is 0.544 e. The summed E-state index contributed by atoms with van der Waals surface area (Å²) in [5, 5.41) is 0.127. The Hall–Kier alpha value is -2.08. The smallest absolute Gasteiger partial charge is 0.332 e.